The molecule has 0 N–H and O–H groups in total. The highest BCUT2D eigenvalue weighted by molar-refractivity contribution is 8.20. The molecule has 0 amide bonds. The molecular weight excluding hydrogens is 399 g/mol. The van der Waals surface area contributed by atoms with Gasteiger partial charge in [0, 0.05) is 33.4 Å². The van der Waals surface area contributed by atoms with Gasteiger partial charge in [0.1, 0.15) is 9.81 Å². The van der Waals surface area contributed by atoms with Gasteiger partial charge < -0.3 is 0 Å². The molecule has 0 aromatic heterocycles. The monoisotopic (exact) mass is 406 g/mol. The standard InChI is InChI=1S/C14H8Cl2O6S2/c15-23(19,20)12-5-8-4-7-2-1-3-11(17)9(7)6-10(8)13(18)14(12)24(16,21)22/h1-2,4-6,10H,3H2. The highest BCUT2D eigenvalue weighted by atomic mass is 35.7. The average molecular weight is 407 g/mol. The summed E-state index contributed by atoms with van der Waals surface area (Å²) in [4.78, 5) is 22.6. The van der Waals surface area contributed by atoms with Gasteiger partial charge >= 0.3 is 0 Å². The fourth-order valence-electron chi connectivity index (χ4n) is 2.76. The van der Waals surface area contributed by atoms with Gasteiger partial charge in [0.25, 0.3) is 18.1 Å². The van der Waals surface area contributed by atoms with Crippen molar-refractivity contribution in [3.8, 4) is 0 Å². The summed E-state index contributed by atoms with van der Waals surface area (Å²) in [7, 11) is 1.31. The fourth-order valence-corrected chi connectivity index (χ4v) is 5.80. The van der Waals surface area contributed by atoms with Crippen molar-refractivity contribution in [1.29, 1.82) is 0 Å². The molecule has 10 heteroatoms. The van der Waals surface area contributed by atoms with Crippen LogP contribution in [0.2, 0.25) is 0 Å². The van der Waals surface area contributed by atoms with Crippen molar-refractivity contribution in [2.75, 3.05) is 0 Å². The largest absolute Gasteiger partial charge is 0.294 e. The predicted octanol–water partition coefficient (Wildman–Crippen LogP) is 1.86. The maximum atomic E-state index is 12.6. The third-order valence-corrected chi connectivity index (χ3v) is 6.61. The Labute approximate surface area is 146 Å². The quantitative estimate of drug-likeness (QED) is 0.648. The van der Waals surface area contributed by atoms with Crippen molar-refractivity contribution in [2.24, 2.45) is 5.92 Å². The van der Waals surface area contributed by atoms with E-state index < -0.39 is 39.6 Å². The van der Waals surface area contributed by atoms with Gasteiger partial charge in [0.2, 0.25) is 0 Å². The van der Waals surface area contributed by atoms with Crippen molar-refractivity contribution in [3.63, 3.8) is 0 Å². The van der Waals surface area contributed by atoms with Gasteiger partial charge in [-0.1, -0.05) is 18.2 Å². The Morgan fingerprint density at radius 3 is 2.25 bits per heavy atom. The Morgan fingerprint density at radius 2 is 1.67 bits per heavy atom. The van der Waals surface area contributed by atoms with E-state index in [1.807, 2.05) is 0 Å². The lowest BCUT2D eigenvalue weighted by Crippen LogP contribution is -2.29. The van der Waals surface area contributed by atoms with E-state index in [9.17, 15) is 26.4 Å². The normalized spacial score (nSPS) is 24.1. The molecule has 1 unspecified atom stereocenters. The maximum absolute atomic E-state index is 12.6. The zero-order valence-electron chi connectivity index (χ0n) is 11.7. The molecule has 0 aliphatic heterocycles. The van der Waals surface area contributed by atoms with E-state index in [1.54, 1.807) is 12.2 Å². The minimum Gasteiger partial charge on any atom is -0.294 e. The smallest absolute Gasteiger partial charge is 0.266 e. The summed E-state index contributed by atoms with van der Waals surface area (Å²) in [6.45, 7) is 0. The van der Waals surface area contributed by atoms with Crippen molar-refractivity contribution in [1.82, 2.24) is 0 Å². The van der Waals surface area contributed by atoms with Crippen LogP contribution in [-0.4, -0.2) is 28.4 Å². The molecule has 0 aromatic carbocycles. The molecular formula is C14H8Cl2O6S2. The van der Waals surface area contributed by atoms with E-state index in [0.717, 1.165) is 6.08 Å². The SMILES string of the molecule is O=C1CC=CC2=CC3=CC(S(=O)(=O)Cl)=C(S(=O)(=O)Cl)C(=O)C3C=C12. The summed E-state index contributed by atoms with van der Waals surface area (Å²) >= 11 is 0. The van der Waals surface area contributed by atoms with Crippen molar-refractivity contribution < 1.29 is 26.4 Å². The summed E-state index contributed by atoms with van der Waals surface area (Å²) < 4.78 is 46.8. The van der Waals surface area contributed by atoms with Crippen molar-refractivity contribution in [3.05, 3.63) is 56.9 Å². The Bertz CT molecular complexity index is 1050. The van der Waals surface area contributed by atoms with E-state index in [-0.39, 0.29) is 23.4 Å². The van der Waals surface area contributed by atoms with Crippen LogP contribution in [0.1, 0.15) is 6.42 Å². The summed E-state index contributed by atoms with van der Waals surface area (Å²) in [5.74, 6) is -2.36. The first-order valence-electron chi connectivity index (χ1n) is 6.53. The second-order valence-electron chi connectivity index (χ2n) is 5.27. The van der Waals surface area contributed by atoms with Crippen LogP contribution in [0, 0.1) is 5.92 Å². The van der Waals surface area contributed by atoms with Gasteiger partial charge in [0.05, 0.1) is 5.92 Å². The van der Waals surface area contributed by atoms with Gasteiger partial charge in [-0.25, -0.2) is 16.8 Å². The van der Waals surface area contributed by atoms with Crippen LogP contribution in [0.3, 0.4) is 0 Å². The molecule has 3 aliphatic carbocycles. The van der Waals surface area contributed by atoms with Gasteiger partial charge in [-0.2, -0.15) is 0 Å². The number of rotatable bonds is 2. The molecule has 6 nitrogen and oxygen atoms in total. The highest BCUT2D eigenvalue weighted by Crippen LogP contribution is 2.40. The fraction of sp³-hybridized carbons (Fsp3) is 0.143. The lowest BCUT2D eigenvalue weighted by Gasteiger charge is -2.27. The first kappa shape index (κ1) is 17.3. The van der Waals surface area contributed by atoms with Crippen LogP contribution in [0.25, 0.3) is 0 Å². The van der Waals surface area contributed by atoms with Crippen LogP contribution in [0.5, 0.6) is 0 Å². The van der Waals surface area contributed by atoms with Crippen molar-refractivity contribution in [2.45, 2.75) is 6.42 Å². The predicted molar refractivity (Wildman–Crippen MR) is 88.1 cm³/mol. The second kappa shape index (κ2) is 5.52. The third kappa shape index (κ3) is 2.83. The summed E-state index contributed by atoms with van der Waals surface area (Å²) in [6.07, 6.45) is 7.26. The Hall–Kier alpha value is -1.48. The Morgan fingerprint density at radius 1 is 1.00 bits per heavy atom. The molecule has 0 saturated heterocycles. The Kier molecular flexibility index (Phi) is 3.99. The molecule has 0 heterocycles. The number of Topliss-reactive ketones (excluding diaryl/α,β-unsaturated/α-hetero) is 2. The van der Waals surface area contributed by atoms with E-state index in [1.165, 1.54) is 12.2 Å². The number of halogens is 2. The molecule has 24 heavy (non-hydrogen) atoms. The minimum absolute atomic E-state index is 0.168. The summed E-state index contributed by atoms with van der Waals surface area (Å²) in [5.41, 5.74) is 1.03. The molecule has 0 saturated carbocycles. The Balaban J connectivity index is 2.31. The number of carbonyl (C=O) groups is 2. The number of ketones is 2. The van der Waals surface area contributed by atoms with Gasteiger partial charge in [-0.05, 0) is 23.3 Å². The minimum atomic E-state index is -4.66. The maximum Gasteiger partial charge on any atom is 0.266 e. The molecule has 0 fully saturated rings. The summed E-state index contributed by atoms with van der Waals surface area (Å²) in [6, 6.07) is 0. The first-order chi connectivity index (χ1) is 11.0. The number of hydrogen-bond donors (Lipinski definition) is 0. The molecule has 0 spiro atoms. The van der Waals surface area contributed by atoms with Gasteiger partial charge in [0.15, 0.2) is 11.6 Å². The zero-order chi connectivity index (χ0) is 17.9. The van der Waals surface area contributed by atoms with E-state index >= 15 is 0 Å². The van der Waals surface area contributed by atoms with Crippen LogP contribution in [-0.2, 0) is 27.7 Å². The number of carbonyl (C=O) groups excluding carboxylic acids is 2. The molecule has 0 aromatic rings. The van der Waals surface area contributed by atoms with E-state index in [0.29, 0.717) is 5.57 Å². The lowest BCUT2D eigenvalue weighted by molar-refractivity contribution is -0.116. The van der Waals surface area contributed by atoms with E-state index in [2.05, 4.69) is 0 Å². The van der Waals surface area contributed by atoms with Crippen LogP contribution < -0.4 is 0 Å². The third-order valence-electron chi connectivity index (χ3n) is 3.76. The topological polar surface area (TPSA) is 102 Å². The molecule has 126 valence electrons. The summed E-state index contributed by atoms with van der Waals surface area (Å²) in [5, 5.41) is 0. The van der Waals surface area contributed by atoms with E-state index in [4.69, 9.17) is 21.4 Å². The zero-order valence-corrected chi connectivity index (χ0v) is 14.8. The van der Waals surface area contributed by atoms with Gasteiger partial charge in [-0.3, -0.25) is 9.59 Å². The molecule has 1 atom stereocenters. The number of fused-ring (bicyclic) bond motifs is 2. The van der Waals surface area contributed by atoms with Crippen molar-refractivity contribution >= 4 is 51.0 Å². The van der Waals surface area contributed by atoms with Crippen LogP contribution in [0.4, 0.5) is 0 Å². The first-order valence-corrected chi connectivity index (χ1v) is 11.1. The molecule has 3 aliphatic rings. The highest BCUT2D eigenvalue weighted by Gasteiger charge is 2.41. The van der Waals surface area contributed by atoms with Gasteiger partial charge in [-0.15, -0.1) is 0 Å². The molecule has 0 bridgehead atoms. The van der Waals surface area contributed by atoms with Crippen LogP contribution in [0.15, 0.2) is 56.9 Å². The molecule has 0 radical (unpaired) electrons. The van der Waals surface area contributed by atoms with Crippen LogP contribution >= 0.6 is 21.4 Å². The average Bonchev–Trinajstić information content (AvgIpc) is 2.43. The number of hydrogen-bond acceptors (Lipinski definition) is 6. The number of allylic oxidation sites excluding steroid dienone is 9. The molecule has 3 rings (SSSR count). The lowest BCUT2D eigenvalue weighted by atomic mass is 9.78. The second-order valence-corrected chi connectivity index (χ2v) is 10.3.